The third-order valence-corrected chi connectivity index (χ3v) is 6.32. The van der Waals surface area contributed by atoms with Crippen molar-refractivity contribution in [2.24, 2.45) is 0 Å². The van der Waals surface area contributed by atoms with E-state index in [9.17, 15) is 14.7 Å². The lowest BCUT2D eigenvalue weighted by Crippen LogP contribution is -2.32. The van der Waals surface area contributed by atoms with Gasteiger partial charge in [0.2, 0.25) is 0 Å². The van der Waals surface area contributed by atoms with Crippen LogP contribution in [0.15, 0.2) is 48.0 Å². The van der Waals surface area contributed by atoms with Crippen molar-refractivity contribution < 1.29 is 28.9 Å². The zero-order chi connectivity index (χ0) is 25.7. The maximum atomic E-state index is 13.2. The first-order valence-electron chi connectivity index (χ1n) is 12.5. The summed E-state index contributed by atoms with van der Waals surface area (Å²) in [6.07, 6.45) is 2.70. The Kier molecular flexibility index (Phi) is 8.15. The molecule has 36 heavy (non-hydrogen) atoms. The first kappa shape index (κ1) is 25.6. The topological polar surface area (TPSA) is 88.5 Å². The molecule has 2 aliphatic rings. The Morgan fingerprint density at radius 2 is 1.78 bits per heavy atom. The number of rotatable bonds is 10. The number of amides is 1. The summed E-state index contributed by atoms with van der Waals surface area (Å²) in [4.78, 5) is 30.0. The number of aliphatic hydroxyl groups is 1. The Morgan fingerprint density at radius 3 is 2.47 bits per heavy atom. The third-order valence-electron chi connectivity index (χ3n) is 6.32. The quantitative estimate of drug-likeness (QED) is 0.231. The van der Waals surface area contributed by atoms with Crippen LogP contribution in [0, 0.1) is 0 Å². The lowest BCUT2D eigenvalue weighted by Gasteiger charge is -2.26. The van der Waals surface area contributed by atoms with Crippen molar-refractivity contribution in [2.45, 2.75) is 32.2 Å². The highest BCUT2D eigenvalue weighted by molar-refractivity contribution is 6.46. The highest BCUT2D eigenvalue weighted by atomic mass is 16.6. The van der Waals surface area contributed by atoms with Crippen molar-refractivity contribution in [1.29, 1.82) is 0 Å². The van der Waals surface area contributed by atoms with Gasteiger partial charge in [-0.25, -0.2) is 0 Å². The molecule has 0 aromatic heterocycles. The van der Waals surface area contributed by atoms with Crippen LogP contribution in [0.4, 0.5) is 0 Å². The summed E-state index contributed by atoms with van der Waals surface area (Å²) in [5.41, 5.74) is 1.21. The number of ketones is 1. The van der Waals surface area contributed by atoms with Crippen molar-refractivity contribution in [3.63, 3.8) is 0 Å². The van der Waals surface area contributed by atoms with E-state index in [2.05, 4.69) is 6.92 Å². The minimum Gasteiger partial charge on any atom is -0.507 e. The van der Waals surface area contributed by atoms with E-state index in [1.807, 2.05) is 43.3 Å². The molecule has 2 heterocycles. The molecular formula is C28H34N2O6. The van der Waals surface area contributed by atoms with E-state index in [-0.39, 0.29) is 11.3 Å². The number of Topliss-reactive ketones (excluding diaryl/α,β-unsaturated/α-hetero) is 1. The van der Waals surface area contributed by atoms with E-state index in [4.69, 9.17) is 14.2 Å². The number of benzene rings is 2. The predicted octanol–water partition coefficient (Wildman–Crippen LogP) is 4.01. The van der Waals surface area contributed by atoms with Gasteiger partial charge in [0.05, 0.1) is 18.2 Å². The van der Waals surface area contributed by atoms with Gasteiger partial charge in [0.15, 0.2) is 11.5 Å². The van der Waals surface area contributed by atoms with Crippen molar-refractivity contribution in [3.05, 3.63) is 59.2 Å². The van der Waals surface area contributed by atoms with Gasteiger partial charge in [-0.05, 0) is 69.4 Å². The standard InChI is InChI=1S/C28H34N2O6/c1-4-5-15-34-21-10-7-19(8-11-21)25-24(27(32)28(33)30(25)14-6-13-29(2)3)26(31)20-9-12-22-23(18-20)36-17-16-35-22/h7-12,18,25,31H,4-6,13-17H2,1-3H3/t25-/m0/s1. The molecule has 1 atom stereocenters. The number of hydrogen-bond donors (Lipinski definition) is 1. The van der Waals surface area contributed by atoms with Gasteiger partial charge in [-0.1, -0.05) is 25.5 Å². The summed E-state index contributed by atoms with van der Waals surface area (Å²) >= 11 is 0. The van der Waals surface area contributed by atoms with Gasteiger partial charge in [0.1, 0.15) is 24.7 Å². The van der Waals surface area contributed by atoms with Gasteiger partial charge < -0.3 is 29.1 Å². The molecule has 4 rings (SSSR count). The highest BCUT2D eigenvalue weighted by Gasteiger charge is 2.45. The minimum absolute atomic E-state index is 0.0705. The Balaban J connectivity index is 1.71. The van der Waals surface area contributed by atoms with Gasteiger partial charge in [-0.2, -0.15) is 0 Å². The van der Waals surface area contributed by atoms with Crippen molar-refractivity contribution >= 4 is 17.4 Å². The molecule has 0 aliphatic carbocycles. The van der Waals surface area contributed by atoms with E-state index in [0.717, 1.165) is 30.7 Å². The summed E-state index contributed by atoms with van der Waals surface area (Å²) in [5, 5.41) is 11.3. The fourth-order valence-electron chi connectivity index (χ4n) is 4.44. The number of hydrogen-bond acceptors (Lipinski definition) is 7. The van der Waals surface area contributed by atoms with E-state index in [0.29, 0.717) is 49.8 Å². The van der Waals surface area contributed by atoms with Crippen molar-refractivity contribution in [1.82, 2.24) is 9.80 Å². The SMILES string of the molecule is CCCCOc1ccc([C@H]2C(=C(O)c3ccc4c(c3)OCCO4)C(=O)C(=O)N2CCCN(C)C)cc1. The number of fused-ring (bicyclic) bond motifs is 1. The number of likely N-dealkylation sites (tertiary alicyclic amines) is 1. The van der Waals surface area contributed by atoms with E-state index in [1.54, 1.807) is 23.1 Å². The predicted molar refractivity (Wildman–Crippen MR) is 136 cm³/mol. The van der Waals surface area contributed by atoms with Gasteiger partial charge in [-0.15, -0.1) is 0 Å². The summed E-state index contributed by atoms with van der Waals surface area (Å²) < 4.78 is 17.0. The fourth-order valence-corrected chi connectivity index (χ4v) is 4.44. The Hall–Kier alpha value is -3.52. The molecule has 1 fully saturated rings. The average Bonchev–Trinajstić information content (AvgIpc) is 3.13. The monoisotopic (exact) mass is 494 g/mol. The molecule has 0 unspecified atom stereocenters. The molecule has 2 aromatic rings. The Morgan fingerprint density at radius 1 is 1.06 bits per heavy atom. The molecule has 0 saturated carbocycles. The zero-order valence-corrected chi connectivity index (χ0v) is 21.2. The number of carbonyl (C=O) groups excluding carboxylic acids is 2. The normalized spacial score (nSPS) is 18.7. The number of unbranched alkanes of at least 4 members (excludes halogenated alkanes) is 1. The summed E-state index contributed by atoms with van der Waals surface area (Å²) in [5.74, 6) is 0.270. The number of nitrogens with zero attached hydrogens (tertiary/aromatic N) is 2. The second-order valence-electron chi connectivity index (χ2n) is 9.28. The smallest absolute Gasteiger partial charge is 0.295 e. The lowest BCUT2D eigenvalue weighted by molar-refractivity contribution is -0.139. The Bertz CT molecular complexity index is 1130. The molecule has 2 aromatic carbocycles. The first-order valence-corrected chi connectivity index (χ1v) is 12.5. The first-order chi connectivity index (χ1) is 17.4. The van der Waals surface area contributed by atoms with Crippen LogP contribution in [0.25, 0.3) is 5.76 Å². The van der Waals surface area contributed by atoms with E-state index >= 15 is 0 Å². The number of aliphatic hydroxyl groups excluding tert-OH is 1. The second kappa shape index (κ2) is 11.5. The molecule has 2 aliphatic heterocycles. The molecule has 192 valence electrons. The Labute approximate surface area is 212 Å². The second-order valence-corrected chi connectivity index (χ2v) is 9.28. The highest BCUT2D eigenvalue weighted by Crippen LogP contribution is 2.41. The van der Waals surface area contributed by atoms with E-state index in [1.165, 1.54) is 0 Å². The van der Waals surface area contributed by atoms with Crippen molar-refractivity contribution in [3.8, 4) is 17.2 Å². The van der Waals surface area contributed by atoms with Crippen LogP contribution in [0.1, 0.15) is 43.4 Å². The van der Waals surface area contributed by atoms with Gasteiger partial charge in [0, 0.05) is 12.1 Å². The minimum atomic E-state index is -0.704. The fraction of sp³-hybridized carbons (Fsp3) is 0.429. The maximum absolute atomic E-state index is 13.2. The summed E-state index contributed by atoms with van der Waals surface area (Å²) in [6.45, 7) is 4.74. The molecule has 0 bridgehead atoms. The molecule has 8 nitrogen and oxygen atoms in total. The van der Waals surface area contributed by atoms with E-state index < -0.39 is 17.7 Å². The van der Waals surface area contributed by atoms with Gasteiger partial charge >= 0.3 is 0 Å². The molecule has 1 saturated heterocycles. The lowest BCUT2D eigenvalue weighted by atomic mass is 9.95. The molecular weight excluding hydrogens is 460 g/mol. The van der Waals surface area contributed by atoms with Crippen LogP contribution in [-0.4, -0.2) is 73.6 Å². The van der Waals surface area contributed by atoms with Crippen molar-refractivity contribution in [2.75, 3.05) is 47.0 Å². The summed E-state index contributed by atoms with van der Waals surface area (Å²) in [6, 6.07) is 11.7. The molecule has 0 radical (unpaired) electrons. The van der Waals surface area contributed by atoms with Crippen LogP contribution in [0.3, 0.4) is 0 Å². The molecule has 1 N–H and O–H groups in total. The largest absolute Gasteiger partial charge is 0.507 e. The van der Waals surface area contributed by atoms with Crippen LogP contribution in [0.5, 0.6) is 17.2 Å². The van der Waals surface area contributed by atoms with Crippen LogP contribution < -0.4 is 14.2 Å². The van der Waals surface area contributed by atoms with Gasteiger partial charge in [0.25, 0.3) is 11.7 Å². The van der Waals surface area contributed by atoms with Crippen LogP contribution in [-0.2, 0) is 9.59 Å². The molecule has 0 spiro atoms. The third kappa shape index (κ3) is 5.49. The maximum Gasteiger partial charge on any atom is 0.295 e. The average molecular weight is 495 g/mol. The molecule has 1 amide bonds. The summed E-state index contributed by atoms with van der Waals surface area (Å²) in [7, 11) is 3.93. The zero-order valence-electron chi connectivity index (χ0n) is 21.2. The number of carbonyl (C=O) groups is 2. The molecule has 8 heteroatoms. The van der Waals surface area contributed by atoms with Crippen LogP contribution in [0.2, 0.25) is 0 Å². The van der Waals surface area contributed by atoms with Gasteiger partial charge in [-0.3, -0.25) is 9.59 Å². The van der Waals surface area contributed by atoms with Crippen LogP contribution >= 0.6 is 0 Å². The number of ether oxygens (including phenoxy) is 3.